The van der Waals surface area contributed by atoms with Gasteiger partial charge in [-0.25, -0.2) is 0 Å². The van der Waals surface area contributed by atoms with Crippen LogP contribution in [-0.2, 0) is 0 Å². The minimum Gasteiger partial charge on any atom is -0.329 e. The van der Waals surface area contributed by atoms with Gasteiger partial charge in [0.25, 0.3) is 0 Å². The first-order valence-electron chi connectivity index (χ1n) is 5.09. The summed E-state index contributed by atoms with van der Waals surface area (Å²) in [5, 5.41) is 0. The molecule has 0 bridgehead atoms. The van der Waals surface area contributed by atoms with Gasteiger partial charge in [0, 0.05) is 18.6 Å². The lowest BCUT2D eigenvalue weighted by molar-refractivity contribution is 0.174. The van der Waals surface area contributed by atoms with Crippen LogP contribution in [0, 0.1) is 0 Å². The van der Waals surface area contributed by atoms with Gasteiger partial charge in [0.1, 0.15) is 0 Å². The second-order valence-electron chi connectivity index (χ2n) is 3.60. The molecule has 12 heavy (non-hydrogen) atoms. The van der Waals surface area contributed by atoms with Gasteiger partial charge >= 0.3 is 0 Å². The van der Waals surface area contributed by atoms with Gasteiger partial charge < -0.3 is 5.73 Å². The molecule has 0 aliphatic rings. The molecular weight excluding hydrogens is 148 g/mol. The van der Waals surface area contributed by atoms with E-state index in [9.17, 15) is 0 Å². The highest BCUT2D eigenvalue weighted by Crippen LogP contribution is 2.09. The molecule has 0 rings (SSSR count). The second-order valence-corrected chi connectivity index (χ2v) is 3.60. The lowest BCUT2D eigenvalue weighted by atomic mass is 10.1. The van der Waals surface area contributed by atoms with Gasteiger partial charge in [0.2, 0.25) is 0 Å². The number of nitrogens with zero attached hydrogens (tertiary/aromatic N) is 1. The Morgan fingerprint density at radius 1 is 1.33 bits per heavy atom. The molecule has 0 amide bonds. The van der Waals surface area contributed by atoms with E-state index < -0.39 is 0 Å². The van der Waals surface area contributed by atoms with Crippen LogP contribution in [0.2, 0.25) is 0 Å². The normalized spacial score (nSPS) is 16.5. The summed E-state index contributed by atoms with van der Waals surface area (Å²) in [6, 6.07) is 1.23. The molecule has 2 unspecified atom stereocenters. The standard InChI is InChI=1S/C10H24N2/c1-5-7-9(3)12(4)10(6-2)8-11/h9-10H,5-8,11H2,1-4H3. The van der Waals surface area contributed by atoms with Crippen LogP contribution in [0.1, 0.15) is 40.0 Å². The summed E-state index contributed by atoms with van der Waals surface area (Å²) in [5.41, 5.74) is 5.68. The maximum atomic E-state index is 5.68. The Kier molecular flexibility index (Phi) is 6.39. The van der Waals surface area contributed by atoms with E-state index in [1.165, 1.54) is 12.8 Å². The van der Waals surface area contributed by atoms with Crippen LogP contribution in [0.5, 0.6) is 0 Å². The Balaban J connectivity index is 3.87. The molecule has 0 radical (unpaired) electrons. The van der Waals surface area contributed by atoms with Crippen molar-refractivity contribution in [2.75, 3.05) is 13.6 Å². The van der Waals surface area contributed by atoms with Gasteiger partial charge in [-0.05, 0) is 26.8 Å². The van der Waals surface area contributed by atoms with Crippen molar-refractivity contribution >= 4 is 0 Å². The van der Waals surface area contributed by atoms with E-state index >= 15 is 0 Å². The lowest BCUT2D eigenvalue weighted by Gasteiger charge is -2.31. The number of hydrogen-bond acceptors (Lipinski definition) is 2. The van der Waals surface area contributed by atoms with Crippen molar-refractivity contribution in [1.82, 2.24) is 4.90 Å². The summed E-state index contributed by atoms with van der Waals surface area (Å²) in [4.78, 5) is 2.41. The van der Waals surface area contributed by atoms with Crippen LogP contribution in [0.25, 0.3) is 0 Å². The Morgan fingerprint density at radius 3 is 2.25 bits per heavy atom. The zero-order valence-corrected chi connectivity index (χ0v) is 9.01. The van der Waals surface area contributed by atoms with E-state index in [1.807, 2.05) is 0 Å². The van der Waals surface area contributed by atoms with E-state index in [0.717, 1.165) is 13.0 Å². The molecule has 74 valence electrons. The molecule has 2 heteroatoms. The largest absolute Gasteiger partial charge is 0.329 e. The third-order valence-corrected chi connectivity index (χ3v) is 2.72. The van der Waals surface area contributed by atoms with Crippen LogP contribution < -0.4 is 5.73 Å². The van der Waals surface area contributed by atoms with E-state index in [0.29, 0.717) is 12.1 Å². The summed E-state index contributed by atoms with van der Waals surface area (Å²) in [5.74, 6) is 0. The second kappa shape index (κ2) is 6.44. The highest BCUT2D eigenvalue weighted by Gasteiger charge is 2.15. The summed E-state index contributed by atoms with van der Waals surface area (Å²) in [6.45, 7) is 7.49. The third-order valence-electron chi connectivity index (χ3n) is 2.72. The predicted molar refractivity (Wildman–Crippen MR) is 55.3 cm³/mol. The molecule has 0 aliphatic heterocycles. The maximum Gasteiger partial charge on any atom is 0.0215 e. The van der Waals surface area contributed by atoms with Crippen LogP contribution >= 0.6 is 0 Å². The average Bonchev–Trinajstić information content (AvgIpc) is 2.07. The fourth-order valence-electron chi connectivity index (χ4n) is 1.60. The molecule has 2 atom stereocenters. The molecule has 0 aromatic heterocycles. The predicted octanol–water partition coefficient (Wildman–Crippen LogP) is 1.84. The fraction of sp³-hybridized carbons (Fsp3) is 1.00. The first-order chi connectivity index (χ1) is 5.67. The first-order valence-corrected chi connectivity index (χ1v) is 5.09. The van der Waals surface area contributed by atoms with Gasteiger partial charge in [-0.1, -0.05) is 20.3 Å². The molecule has 0 saturated heterocycles. The molecule has 0 aromatic carbocycles. The highest BCUT2D eigenvalue weighted by atomic mass is 15.2. The Morgan fingerprint density at radius 2 is 1.92 bits per heavy atom. The van der Waals surface area contributed by atoms with Crippen molar-refractivity contribution in [3.05, 3.63) is 0 Å². The van der Waals surface area contributed by atoms with Gasteiger partial charge in [-0.15, -0.1) is 0 Å². The molecule has 0 fully saturated rings. The van der Waals surface area contributed by atoms with E-state index in [-0.39, 0.29) is 0 Å². The average molecular weight is 172 g/mol. The van der Waals surface area contributed by atoms with Crippen LogP contribution in [-0.4, -0.2) is 30.6 Å². The van der Waals surface area contributed by atoms with E-state index in [2.05, 4.69) is 32.7 Å². The van der Waals surface area contributed by atoms with Crippen molar-refractivity contribution in [3.8, 4) is 0 Å². The topological polar surface area (TPSA) is 29.3 Å². The molecule has 0 spiro atoms. The Hall–Kier alpha value is -0.0800. The van der Waals surface area contributed by atoms with Gasteiger partial charge in [0.05, 0.1) is 0 Å². The molecule has 0 aromatic rings. The van der Waals surface area contributed by atoms with Crippen molar-refractivity contribution in [2.24, 2.45) is 5.73 Å². The summed E-state index contributed by atoms with van der Waals surface area (Å²) in [7, 11) is 2.18. The molecular formula is C10H24N2. The first kappa shape index (κ1) is 11.9. The molecule has 0 saturated carbocycles. The number of likely N-dealkylation sites (N-methyl/N-ethyl adjacent to an activating group) is 1. The Labute approximate surface area is 77.1 Å². The quantitative estimate of drug-likeness (QED) is 0.662. The summed E-state index contributed by atoms with van der Waals surface area (Å²) >= 11 is 0. The van der Waals surface area contributed by atoms with Crippen LogP contribution in [0.15, 0.2) is 0 Å². The van der Waals surface area contributed by atoms with Crippen molar-refractivity contribution < 1.29 is 0 Å². The highest BCUT2D eigenvalue weighted by molar-refractivity contribution is 4.72. The van der Waals surface area contributed by atoms with E-state index in [4.69, 9.17) is 5.73 Å². The van der Waals surface area contributed by atoms with E-state index in [1.54, 1.807) is 0 Å². The minimum atomic E-state index is 0.562. The Bertz CT molecular complexity index is 100. The fourth-order valence-corrected chi connectivity index (χ4v) is 1.60. The summed E-state index contributed by atoms with van der Waals surface area (Å²) in [6.07, 6.45) is 3.68. The molecule has 2 N–H and O–H groups in total. The lowest BCUT2D eigenvalue weighted by Crippen LogP contribution is -2.42. The van der Waals surface area contributed by atoms with Crippen LogP contribution in [0.4, 0.5) is 0 Å². The van der Waals surface area contributed by atoms with Gasteiger partial charge in [-0.3, -0.25) is 4.90 Å². The monoisotopic (exact) mass is 172 g/mol. The number of nitrogens with two attached hydrogens (primary N) is 1. The zero-order valence-electron chi connectivity index (χ0n) is 9.01. The van der Waals surface area contributed by atoms with Crippen molar-refractivity contribution in [3.63, 3.8) is 0 Å². The van der Waals surface area contributed by atoms with Crippen molar-refractivity contribution in [2.45, 2.75) is 52.1 Å². The maximum absolute atomic E-state index is 5.68. The van der Waals surface area contributed by atoms with Crippen LogP contribution in [0.3, 0.4) is 0 Å². The molecule has 0 heterocycles. The zero-order chi connectivity index (χ0) is 9.56. The molecule has 2 nitrogen and oxygen atoms in total. The number of hydrogen-bond donors (Lipinski definition) is 1. The number of rotatable bonds is 6. The third kappa shape index (κ3) is 3.55. The van der Waals surface area contributed by atoms with Crippen molar-refractivity contribution in [1.29, 1.82) is 0 Å². The smallest absolute Gasteiger partial charge is 0.0215 e. The van der Waals surface area contributed by atoms with Gasteiger partial charge in [0.15, 0.2) is 0 Å². The minimum absolute atomic E-state index is 0.562. The summed E-state index contributed by atoms with van der Waals surface area (Å²) < 4.78 is 0. The molecule has 0 aliphatic carbocycles. The SMILES string of the molecule is CCCC(C)N(C)C(CC)CN. The van der Waals surface area contributed by atoms with Gasteiger partial charge in [-0.2, -0.15) is 0 Å².